The SMILES string of the molecule is C[C@H](N)C(=O)N(C)[C@@H](Cc1ccc(OC(C)(C)C)cc1)C(=O)O. The average Bonchev–Trinajstić information content (AvgIpc) is 2.42. The van der Waals surface area contributed by atoms with Crippen LogP contribution in [0.4, 0.5) is 0 Å². The first-order valence-electron chi connectivity index (χ1n) is 7.54. The number of hydrogen-bond donors (Lipinski definition) is 2. The Morgan fingerprint density at radius 3 is 2.17 bits per heavy atom. The molecule has 3 N–H and O–H groups in total. The minimum absolute atomic E-state index is 0.208. The number of carbonyl (C=O) groups excluding carboxylic acids is 1. The Kier molecular flexibility index (Phi) is 6.15. The second-order valence-electron chi connectivity index (χ2n) is 6.65. The monoisotopic (exact) mass is 322 g/mol. The summed E-state index contributed by atoms with van der Waals surface area (Å²) in [5.74, 6) is -0.741. The molecule has 0 bridgehead atoms. The second kappa shape index (κ2) is 7.46. The fourth-order valence-electron chi connectivity index (χ4n) is 2.14. The highest BCUT2D eigenvalue weighted by Gasteiger charge is 2.28. The van der Waals surface area contributed by atoms with E-state index in [0.29, 0.717) is 5.75 Å². The van der Waals surface area contributed by atoms with Crippen LogP contribution >= 0.6 is 0 Å². The Morgan fingerprint density at radius 1 is 1.26 bits per heavy atom. The summed E-state index contributed by atoms with van der Waals surface area (Å²) in [6, 6.07) is 5.52. The van der Waals surface area contributed by atoms with Gasteiger partial charge in [0.05, 0.1) is 6.04 Å². The largest absolute Gasteiger partial charge is 0.488 e. The molecule has 0 fully saturated rings. The molecule has 1 aromatic rings. The van der Waals surface area contributed by atoms with Crippen molar-refractivity contribution >= 4 is 11.9 Å². The van der Waals surface area contributed by atoms with Crippen LogP contribution in [0, 0.1) is 0 Å². The highest BCUT2D eigenvalue weighted by atomic mass is 16.5. The van der Waals surface area contributed by atoms with Crippen molar-refractivity contribution < 1.29 is 19.4 Å². The number of nitrogens with two attached hydrogens (primary N) is 1. The summed E-state index contributed by atoms with van der Waals surface area (Å²) in [5, 5.41) is 9.38. The van der Waals surface area contributed by atoms with Crippen LogP contribution in [-0.4, -0.2) is 46.6 Å². The lowest BCUT2D eigenvalue weighted by molar-refractivity contribution is -0.149. The summed E-state index contributed by atoms with van der Waals surface area (Å²) >= 11 is 0. The van der Waals surface area contributed by atoms with Gasteiger partial charge in [0, 0.05) is 13.5 Å². The quantitative estimate of drug-likeness (QED) is 0.831. The molecule has 23 heavy (non-hydrogen) atoms. The zero-order valence-electron chi connectivity index (χ0n) is 14.4. The third-order valence-electron chi connectivity index (χ3n) is 3.27. The Bertz CT molecular complexity index is 547. The molecule has 0 aliphatic heterocycles. The van der Waals surface area contributed by atoms with E-state index in [1.165, 1.54) is 18.9 Å². The Morgan fingerprint density at radius 2 is 1.78 bits per heavy atom. The molecule has 0 radical (unpaired) electrons. The van der Waals surface area contributed by atoms with E-state index in [1.807, 2.05) is 20.8 Å². The van der Waals surface area contributed by atoms with Gasteiger partial charge in [0.1, 0.15) is 17.4 Å². The molecule has 0 aliphatic carbocycles. The Balaban J connectivity index is 2.85. The Labute approximate surface area is 137 Å². The zero-order valence-corrected chi connectivity index (χ0v) is 14.4. The predicted molar refractivity (Wildman–Crippen MR) is 88.4 cm³/mol. The van der Waals surface area contributed by atoms with Gasteiger partial charge >= 0.3 is 5.97 Å². The van der Waals surface area contributed by atoms with Crippen LogP contribution in [-0.2, 0) is 16.0 Å². The number of likely N-dealkylation sites (N-methyl/N-ethyl adjacent to an activating group) is 1. The number of hydrogen-bond acceptors (Lipinski definition) is 4. The average molecular weight is 322 g/mol. The number of nitrogens with zero attached hydrogens (tertiary/aromatic N) is 1. The van der Waals surface area contributed by atoms with E-state index < -0.39 is 24.0 Å². The first-order chi connectivity index (χ1) is 10.5. The maximum atomic E-state index is 11.9. The number of rotatable bonds is 6. The van der Waals surface area contributed by atoms with Gasteiger partial charge in [-0.05, 0) is 45.4 Å². The van der Waals surface area contributed by atoms with Crippen LogP contribution < -0.4 is 10.5 Å². The highest BCUT2D eigenvalue weighted by molar-refractivity contribution is 5.86. The molecule has 6 heteroatoms. The van der Waals surface area contributed by atoms with Gasteiger partial charge in [-0.2, -0.15) is 0 Å². The number of amides is 1. The van der Waals surface area contributed by atoms with Gasteiger partial charge in [-0.15, -0.1) is 0 Å². The summed E-state index contributed by atoms with van der Waals surface area (Å²) in [6.45, 7) is 7.40. The van der Waals surface area contributed by atoms with Crippen molar-refractivity contribution in [3.63, 3.8) is 0 Å². The number of ether oxygens (including phenoxy) is 1. The van der Waals surface area contributed by atoms with E-state index in [0.717, 1.165) is 5.56 Å². The lowest BCUT2D eigenvalue weighted by Crippen LogP contribution is -2.49. The van der Waals surface area contributed by atoms with Gasteiger partial charge in [-0.1, -0.05) is 12.1 Å². The molecule has 128 valence electrons. The second-order valence-corrected chi connectivity index (χ2v) is 6.65. The van der Waals surface area contributed by atoms with Crippen LogP contribution in [0.25, 0.3) is 0 Å². The summed E-state index contributed by atoms with van der Waals surface area (Å²) in [6.07, 6.45) is 0.208. The molecular formula is C17H26N2O4. The molecule has 0 saturated heterocycles. The van der Waals surface area contributed by atoms with Gasteiger partial charge in [-0.3, -0.25) is 4.79 Å². The van der Waals surface area contributed by atoms with Crippen LogP contribution in [0.15, 0.2) is 24.3 Å². The third kappa shape index (κ3) is 5.90. The van der Waals surface area contributed by atoms with Crippen molar-refractivity contribution in [2.75, 3.05) is 7.05 Å². The standard InChI is InChI=1S/C17H26N2O4/c1-11(18)15(20)19(5)14(16(21)22)10-12-6-8-13(9-7-12)23-17(2,3)4/h6-9,11,14H,10,18H2,1-5H3,(H,21,22)/t11-,14-/m0/s1. The van der Waals surface area contributed by atoms with Gasteiger partial charge in [0.15, 0.2) is 0 Å². The minimum atomic E-state index is -1.06. The lowest BCUT2D eigenvalue weighted by atomic mass is 10.0. The van der Waals surface area contributed by atoms with Gasteiger partial charge < -0.3 is 20.5 Å². The van der Waals surface area contributed by atoms with E-state index in [9.17, 15) is 14.7 Å². The van der Waals surface area contributed by atoms with Crippen molar-refractivity contribution in [3.8, 4) is 5.75 Å². The molecule has 1 amide bonds. The normalized spacial score (nSPS) is 14.0. The summed E-state index contributed by atoms with van der Waals surface area (Å²) < 4.78 is 5.73. The van der Waals surface area contributed by atoms with Crippen molar-refractivity contribution in [2.45, 2.75) is 51.8 Å². The minimum Gasteiger partial charge on any atom is -0.488 e. The van der Waals surface area contributed by atoms with Crippen LogP contribution in [0.2, 0.25) is 0 Å². The van der Waals surface area contributed by atoms with Crippen molar-refractivity contribution in [3.05, 3.63) is 29.8 Å². The summed E-state index contributed by atoms with van der Waals surface area (Å²) in [5.41, 5.74) is 6.06. The molecular weight excluding hydrogens is 296 g/mol. The zero-order chi connectivity index (χ0) is 17.8. The third-order valence-corrected chi connectivity index (χ3v) is 3.27. The fraction of sp³-hybridized carbons (Fsp3) is 0.529. The number of carboxylic acid groups (broad SMARTS) is 1. The lowest BCUT2D eigenvalue weighted by Gasteiger charge is -2.26. The van der Waals surface area contributed by atoms with E-state index in [1.54, 1.807) is 24.3 Å². The van der Waals surface area contributed by atoms with Crippen molar-refractivity contribution in [1.29, 1.82) is 0 Å². The van der Waals surface area contributed by atoms with Crippen LogP contribution in [0.3, 0.4) is 0 Å². The van der Waals surface area contributed by atoms with Crippen LogP contribution in [0.1, 0.15) is 33.3 Å². The number of benzene rings is 1. The molecule has 0 aromatic heterocycles. The summed E-state index contributed by atoms with van der Waals surface area (Å²) in [7, 11) is 1.46. The van der Waals surface area contributed by atoms with E-state index in [2.05, 4.69) is 0 Å². The van der Waals surface area contributed by atoms with Gasteiger partial charge in [0.25, 0.3) is 0 Å². The molecule has 0 spiro atoms. The molecule has 1 rings (SSSR count). The molecule has 0 heterocycles. The van der Waals surface area contributed by atoms with Crippen molar-refractivity contribution in [2.24, 2.45) is 5.73 Å². The first-order valence-corrected chi connectivity index (χ1v) is 7.54. The Hall–Kier alpha value is -2.08. The van der Waals surface area contributed by atoms with Crippen LogP contribution in [0.5, 0.6) is 5.75 Å². The van der Waals surface area contributed by atoms with E-state index in [4.69, 9.17) is 10.5 Å². The number of carboxylic acids is 1. The maximum Gasteiger partial charge on any atom is 0.326 e. The predicted octanol–water partition coefficient (Wildman–Crippen LogP) is 1.67. The molecule has 1 aromatic carbocycles. The molecule has 0 aliphatic rings. The molecule has 0 saturated carbocycles. The number of carbonyl (C=O) groups is 2. The van der Waals surface area contributed by atoms with Crippen molar-refractivity contribution in [1.82, 2.24) is 4.90 Å². The van der Waals surface area contributed by atoms with Gasteiger partial charge in [-0.25, -0.2) is 4.79 Å². The smallest absolute Gasteiger partial charge is 0.326 e. The fourth-order valence-corrected chi connectivity index (χ4v) is 2.14. The van der Waals surface area contributed by atoms with Gasteiger partial charge in [0.2, 0.25) is 5.91 Å². The van der Waals surface area contributed by atoms with E-state index >= 15 is 0 Å². The first kappa shape index (κ1) is 19.0. The highest BCUT2D eigenvalue weighted by Crippen LogP contribution is 2.19. The topological polar surface area (TPSA) is 92.9 Å². The summed E-state index contributed by atoms with van der Waals surface area (Å²) in [4.78, 5) is 24.6. The van der Waals surface area contributed by atoms with E-state index in [-0.39, 0.29) is 12.0 Å². The number of aliphatic carboxylic acids is 1. The molecule has 0 unspecified atom stereocenters. The molecule has 6 nitrogen and oxygen atoms in total. The maximum absolute atomic E-state index is 11.9. The molecule has 2 atom stereocenters.